The average Bonchev–Trinajstić information content (AvgIpc) is 2.61. The van der Waals surface area contributed by atoms with Gasteiger partial charge < -0.3 is 15.0 Å². The minimum atomic E-state index is -0.380. The smallest absolute Gasteiger partial charge is 0.336 e. The Kier molecular flexibility index (Phi) is 5.41. The molecule has 3 rings (SSSR count). The summed E-state index contributed by atoms with van der Waals surface area (Å²) in [4.78, 5) is 27.4. The summed E-state index contributed by atoms with van der Waals surface area (Å²) in [5.41, 5.74) is 4.92. The summed E-state index contributed by atoms with van der Waals surface area (Å²) >= 11 is 1.60. The number of nitrogens with one attached hydrogen (secondary N) is 1. The number of carbonyl (C=O) groups is 2. The van der Waals surface area contributed by atoms with Crippen LogP contribution in [0.3, 0.4) is 0 Å². The Balaban J connectivity index is 2.12. The molecule has 0 bridgehead atoms. The number of anilines is 1. The van der Waals surface area contributed by atoms with Crippen molar-refractivity contribution in [2.75, 3.05) is 37.1 Å². The number of ketones is 1. The lowest BCUT2D eigenvalue weighted by molar-refractivity contribution is -0.138. The van der Waals surface area contributed by atoms with Crippen LogP contribution in [0.5, 0.6) is 0 Å². The molecule has 0 spiro atoms. The van der Waals surface area contributed by atoms with Crippen LogP contribution in [0.1, 0.15) is 25.3 Å². The van der Waals surface area contributed by atoms with Crippen LogP contribution in [0.25, 0.3) is 0 Å². The van der Waals surface area contributed by atoms with Gasteiger partial charge in [-0.15, -0.1) is 11.8 Å². The fourth-order valence-corrected chi connectivity index (χ4v) is 4.32. The summed E-state index contributed by atoms with van der Waals surface area (Å²) in [5, 5.41) is 3.28. The Morgan fingerprint density at radius 2 is 1.96 bits per heavy atom. The standard InChI is InChI=1S/C20H24N2O3S/c1-5-25-20(24)17-12(2)21-15-10-26-11-16(23)19(15)18(17)13-6-8-14(9-7-13)22(3)4/h6-9,18,21H,5,10-11H2,1-4H3. The highest BCUT2D eigenvalue weighted by atomic mass is 32.2. The maximum absolute atomic E-state index is 12.7. The van der Waals surface area contributed by atoms with E-state index >= 15 is 0 Å². The third kappa shape index (κ3) is 3.38. The van der Waals surface area contributed by atoms with Gasteiger partial charge in [-0.1, -0.05) is 12.1 Å². The number of dihydropyridines is 1. The van der Waals surface area contributed by atoms with Gasteiger partial charge in [0.1, 0.15) is 0 Å². The van der Waals surface area contributed by atoms with Crippen molar-refractivity contribution in [1.82, 2.24) is 5.32 Å². The molecule has 138 valence electrons. The first-order valence-electron chi connectivity index (χ1n) is 8.70. The topological polar surface area (TPSA) is 58.6 Å². The van der Waals surface area contributed by atoms with Crippen LogP contribution in [-0.2, 0) is 14.3 Å². The molecule has 2 aliphatic rings. The van der Waals surface area contributed by atoms with Gasteiger partial charge in [-0.3, -0.25) is 4.79 Å². The summed E-state index contributed by atoms with van der Waals surface area (Å²) in [5.74, 6) is 0.536. The summed E-state index contributed by atoms with van der Waals surface area (Å²) in [6.45, 7) is 3.97. The molecule has 0 aromatic heterocycles. The summed E-state index contributed by atoms with van der Waals surface area (Å²) in [6.07, 6.45) is 0. The highest BCUT2D eigenvalue weighted by Crippen LogP contribution is 2.42. The van der Waals surface area contributed by atoms with Crippen LogP contribution in [0.4, 0.5) is 5.69 Å². The molecule has 26 heavy (non-hydrogen) atoms. The van der Waals surface area contributed by atoms with Crippen molar-refractivity contribution in [1.29, 1.82) is 0 Å². The zero-order chi connectivity index (χ0) is 18.8. The number of allylic oxidation sites excluding steroid dienone is 2. The Labute approximate surface area is 158 Å². The number of hydrogen-bond acceptors (Lipinski definition) is 6. The van der Waals surface area contributed by atoms with E-state index in [9.17, 15) is 9.59 Å². The molecule has 5 nitrogen and oxygen atoms in total. The highest BCUT2D eigenvalue weighted by molar-refractivity contribution is 8.00. The van der Waals surface area contributed by atoms with Crippen molar-refractivity contribution in [3.8, 4) is 0 Å². The molecule has 0 saturated heterocycles. The molecular formula is C20H24N2O3S. The van der Waals surface area contributed by atoms with E-state index in [-0.39, 0.29) is 17.7 Å². The number of thioether (sulfide) groups is 1. The maximum atomic E-state index is 12.7. The van der Waals surface area contributed by atoms with Crippen LogP contribution in [0, 0.1) is 0 Å². The van der Waals surface area contributed by atoms with E-state index in [4.69, 9.17) is 4.74 Å². The second-order valence-electron chi connectivity index (χ2n) is 6.61. The second-order valence-corrected chi connectivity index (χ2v) is 7.60. The Morgan fingerprint density at radius 1 is 1.27 bits per heavy atom. The average molecular weight is 372 g/mol. The summed E-state index contributed by atoms with van der Waals surface area (Å²) < 4.78 is 5.30. The van der Waals surface area contributed by atoms with Gasteiger partial charge in [0.05, 0.1) is 17.9 Å². The molecule has 0 radical (unpaired) electrons. The third-order valence-electron chi connectivity index (χ3n) is 4.66. The van der Waals surface area contributed by atoms with Crippen LogP contribution in [0.2, 0.25) is 0 Å². The molecule has 1 aromatic carbocycles. The molecule has 1 aromatic rings. The van der Waals surface area contributed by atoms with Crippen LogP contribution >= 0.6 is 11.8 Å². The Bertz CT molecular complexity index is 794. The summed E-state index contributed by atoms with van der Waals surface area (Å²) in [6, 6.07) is 8.02. The second kappa shape index (κ2) is 7.58. The highest BCUT2D eigenvalue weighted by Gasteiger charge is 2.39. The molecule has 0 saturated carbocycles. The minimum Gasteiger partial charge on any atom is -0.463 e. The van der Waals surface area contributed by atoms with Gasteiger partial charge in [-0.25, -0.2) is 4.79 Å². The molecule has 0 amide bonds. The monoisotopic (exact) mass is 372 g/mol. The lowest BCUT2D eigenvalue weighted by atomic mass is 9.79. The number of benzene rings is 1. The first-order valence-corrected chi connectivity index (χ1v) is 9.85. The van der Waals surface area contributed by atoms with Crippen LogP contribution in [-0.4, -0.2) is 44.0 Å². The van der Waals surface area contributed by atoms with Crippen molar-refractivity contribution in [3.63, 3.8) is 0 Å². The predicted octanol–water partition coefficient (Wildman–Crippen LogP) is 2.85. The summed E-state index contributed by atoms with van der Waals surface area (Å²) in [7, 11) is 3.96. The third-order valence-corrected chi connectivity index (χ3v) is 5.62. The molecule has 2 heterocycles. The van der Waals surface area contributed by atoms with E-state index in [1.807, 2.05) is 50.2 Å². The Morgan fingerprint density at radius 3 is 2.58 bits per heavy atom. The van der Waals surface area contributed by atoms with Gasteiger partial charge >= 0.3 is 5.97 Å². The normalized spacial score (nSPS) is 19.8. The zero-order valence-electron chi connectivity index (χ0n) is 15.6. The maximum Gasteiger partial charge on any atom is 0.336 e. The largest absolute Gasteiger partial charge is 0.463 e. The van der Waals surface area contributed by atoms with E-state index < -0.39 is 0 Å². The van der Waals surface area contributed by atoms with Gasteiger partial charge in [-0.05, 0) is 31.5 Å². The van der Waals surface area contributed by atoms with Crippen LogP contribution in [0.15, 0.2) is 46.8 Å². The molecule has 6 heteroatoms. The van der Waals surface area contributed by atoms with Gasteiger partial charge in [-0.2, -0.15) is 0 Å². The Hall–Kier alpha value is -2.21. The number of hydrogen-bond donors (Lipinski definition) is 1. The number of rotatable bonds is 4. The number of esters is 1. The minimum absolute atomic E-state index is 0.0831. The number of ether oxygens (including phenoxy) is 1. The van der Waals surface area contributed by atoms with Crippen molar-refractivity contribution in [2.45, 2.75) is 19.8 Å². The lowest BCUT2D eigenvalue weighted by Gasteiger charge is -2.34. The molecule has 0 fully saturated rings. The fraction of sp³-hybridized carbons (Fsp3) is 0.400. The van der Waals surface area contributed by atoms with Crippen molar-refractivity contribution >= 4 is 29.2 Å². The first kappa shape index (κ1) is 18.6. The predicted molar refractivity (Wildman–Crippen MR) is 105 cm³/mol. The molecule has 1 N–H and O–H groups in total. The quantitative estimate of drug-likeness (QED) is 0.820. The van der Waals surface area contributed by atoms with E-state index in [1.165, 1.54) is 0 Å². The van der Waals surface area contributed by atoms with Gasteiger partial charge in [0.25, 0.3) is 0 Å². The van der Waals surface area contributed by atoms with Gasteiger partial charge in [0.2, 0.25) is 0 Å². The molecule has 2 aliphatic heterocycles. The van der Waals surface area contributed by atoms with Gasteiger partial charge in [0.15, 0.2) is 5.78 Å². The van der Waals surface area contributed by atoms with E-state index in [2.05, 4.69) is 5.32 Å². The SMILES string of the molecule is CCOC(=O)C1=C(C)NC2=C(C(=O)CSC2)C1c1ccc(N(C)C)cc1. The molecule has 0 aliphatic carbocycles. The number of nitrogens with zero attached hydrogens (tertiary/aromatic N) is 1. The zero-order valence-corrected chi connectivity index (χ0v) is 16.4. The van der Waals surface area contributed by atoms with Crippen molar-refractivity contribution in [2.24, 2.45) is 0 Å². The van der Waals surface area contributed by atoms with Gasteiger partial charge in [0, 0.05) is 48.4 Å². The molecule has 1 atom stereocenters. The van der Waals surface area contributed by atoms with E-state index in [0.29, 0.717) is 23.5 Å². The number of Topliss-reactive ketones (excluding diaryl/α,β-unsaturated/α-hetero) is 1. The van der Waals surface area contributed by atoms with E-state index in [0.717, 1.165) is 28.4 Å². The molecule has 1 unspecified atom stereocenters. The van der Waals surface area contributed by atoms with Crippen molar-refractivity contribution in [3.05, 3.63) is 52.4 Å². The first-order chi connectivity index (χ1) is 12.4. The van der Waals surface area contributed by atoms with Crippen LogP contribution < -0.4 is 10.2 Å². The lowest BCUT2D eigenvalue weighted by Crippen LogP contribution is -2.36. The molecular weight excluding hydrogens is 348 g/mol. The van der Waals surface area contributed by atoms with E-state index in [1.54, 1.807) is 18.7 Å². The fourth-order valence-electron chi connectivity index (χ4n) is 3.44. The number of carbonyl (C=O) groups excluding carboxylic acids is 2. The van der Waals surface area contributed by atoms with Crippen molar-refractivity contribution < 1.29 is 14.3 Å².